The molecule has 0 saturated heterocycles. The zero-order valence-electron chi connectivity index (χ0n) is 13.3. The number of benzene rings is 1. The standard InChI is InChI=1S/C14H15N3O6S2/c1-3-23-12-8-10(7-11(17(18)19)14(12)22-2)9-15-16-25(20,21)13-5-4-6-24-13/h4-9,16H,3H2,1-2H3/b15-9+. The molecular weight excluding hydrogens is 370 g/mol. The molecule has 1 aromatic heterocycles. The SMILES string of the molecule is CCOc1cc(/C=N/NS(=O)(=O)c2cccs2)cc([N+](=O)[O-])c1OC. The fourth-order valence-electron chi connectivity index (χ4n) is 1.92. The highest BCUT2D eigenvalue weighted by molar-refractivity contribution is 7.91. The summed E-state index contributed by atoms with van der Waals surface area (Å²) in [4.78, 5) is 12.6. The molecule has 0 aliphatic carbocycles. The van der Waals surface area contributed by atoms with E-state index in [0.29, 0.717) is 0 Å². The molecule has 0 spiro atoms. The first-order valence-electron chi connectivity index (χ1n) is 6.96. The fraction of sp³-hybridized carbons (Fsp3) is 0.214. The van der Waals surface area contributed by atoms with Crippen molar-refractivity contribution in [1.82, 2.24) is 4.83 Å². The number of hydrazone groups is 1. The Morgan fingerprint density at radius 3 is 2.76 bits per heavy atom. The van der Waals surface area contributed by atoms with Gasteiger partial charge in [0.2, 0.25) is 5.75 Å². The third-order valence-corrected chi connectivity index (χ3v) is 5.52. The van der Waals surface area contributed by atoms with Crippen LogP contribution in [0, 0.1) is 10.1 Å². The van der Waals surface area contributed by atoms with E-state index in [1.54, 1.807) is 18.4 Å². The van der Waals surface area contributed by atoms with E-state index in [2.05, 4.69) is 5.10 Å². The molecular formula is C14H15N3O6S2. The summed E-state index contributed by atoms with van der Waals surface area (Å²) in [6.45, 7) is 2.00. The summed E-state index contributed by atoms with van der Waals surface area (Å²) >= 11 is 1.05. The molecule has 0 fully saturated rings. The van der Waals surface area contributed by atoms with Crippen LogP contribution in [0.25, 0.3) is 0 Å². The summed E-state index contributed by atoms with van der Waals surface area (Å²) in [5.41, 5.74) is -0.0270. The molecule has 0 bridgehead atoms. The minimum absolute atomic E-state index is 0.0110. The van der Waals surface area contributed by atoms with Crippen LogP contribution in [0.4, 0.5) is 5.69 Å². The van der Waals surface area contributed by atoms with Gasteiger partial charge in [0.1, 0.15) is 4.21 Å². The third kappa shape index (κ3) is 4.45. The number of sulfonamides is 1. The van der Waals surface area contributed by atoms with Gasteiger partial charge in [-0.05, 0) is 24.4 Å². The highest BCUT2D eigenvalue weighted by atomic mass is 32.2. The van der Waals surface area contributed by atoms with Gasteiger partial charge < -0.3 is 9.47 Å². The average Bonchev–Trinajstić information content (AvgIpc) is 3.10. The van der Waals surface area contributed by atoms with Crippen molar-refractivity contribution in [2.45, 2.75) is 11.1 Å². The van der Waals surface area contributed by atoms with Gasteiger partial charge in [0.15, 0.2) is 5.75 Å². The molecule has 0 aliphatic heterocycles. The molecule has 1 aromatic carbocycles. The number of hydrogen-bond donors (Lipinski definition) is 1. The van der Waals surface area contributed by atoms with E-state index in [9.17, 15) is 18.5 Å². The van der Waals surface area contributed by atoms with Gasteiger partial charge >= 0.3 is 5.69 Å². The summed E-state index contributed by atoms with van der Waals surface area (Å²) < 4.78 is 34.4. The number of methoxy groups -OCH3 is 1. The van der Waals surface area contributed by atoms with E-state index in [1.165, 1.54) is 25.3 Å². The number of nitrogens with zero attached hydrogens (tertiary/aromatic N) is 2. The van der Waals surface area contributed by atoms with Gasteiger partial charge in [0.05, 0.1) is 24.9 Å². The number of ether oxygens (including phenoxy) is 2. The van der Waals surface area contributed by atoms with Gasteiger partial charge in [0, 0.05) is 11.6 Å². The summed E-state index contributed by atoms with van der Waals surface area (Å²) in [5.74, 6) is 0.157. The second kappa shape index (κ2) is 7.94. The van der Waals surface area contributed by atoms with E-state index in [1.807, 2.05) is 4.83 Å². The highest BCUT2D eigenvalue weighted by Gasteiger charge is 2.21. The predicted octanol–water partition coefficient (Wildman–Crippen LogP) is 2.38. The quantitative estimate of drug-likeness (QED) is 0.423. The Labute approximate surface area is 148 Å². The molecule has 2 rings (SSSR count). The second-order valence-electron chi connectivity index (χ2n) is 4.55. The Hall–Kier alpha value is -2.66. The number of nitro benzene ring substituents is 1. The maximum atomic E-state index is 12.0. The van der Waals surface area contributed by atoms with Gasteiger partial charge in [-0.25, -0.2) is 0 Å². The maximum Gasteiger partial charge on any atom is 0.315 e. The Morgan fingerprint density at radius 2 is 2.20 bits per heavy atom. The predicted molar refractivity (Wildman–Crippen MR) is 93.1 cm³/mol. The van der Waals surface area contributed by atoms with E-state index in [-0.39, 0.29) is 33.6 Å². The van der Waals surface area contributed by atoms with E-state index in [0.717, 1.165) is 17.6 Å². The number of hydrogen-bond acceptors (Lipinski definition) is 8. The minimum atomic E-state index is -3.77. The molecule has 9 nitrogen and oxygen atoms in total. The average molecular weight is 385 g/mol. The molecule has 0 aliphatic rings. The Kier molecular flexibility index (Phi) is 5.93. The molecule has 0 amide bonds. The van der Waals surface area contributed by atoms with Crippen LogP contribution in [-0.2, 0) is 10.0 Å². The topological polar surface area (TPSA) is 120 Å². The molecule has 11 heteroatoms. The van der Waals surface area contributed by atoms with E-state index < -0.39 is 14.9 Å². The molecule has 0 saturated carbocycles. The van der Waals surface area contributed by atoms with Gasteiger partial charge in [-0.2, -0.15) is 18.4 Å². The summed E-state index contributed by atoms with van der Waals surface area (Å²) in [5, 5.41) is 16.5. The van der Waals surface area contributed by atoms with Crippen molar-refractivity contribution in [3.8, 4) is 11.5 Å². The van der Waals surface area contributed by atoms with Crippen LogP contribution in [0.2, 0.25) is 0 Å². The Bertz CT molecular complexity index is 878. The first-order chi connectivity index (χ1) is 11.9. The molecule has 0 unspecified atom stereocenters. The Morgan fingerprint density at radius 1 is 1.44 bits per heavy atom. The number of nitrogens with one attached hydrogen (secondary N) is 1. The van der Waals surface area contributed by atoms with Gasteiger partial charge in [-0.3, -0.25) is 10.1 Å². The summed E-state index contributed by atoms with van der Waals surface area (Å²) in [6, 6.07) is 5.72. The lowest BCUT2D eigenvalue weighted by Crippen LogP contribution is -2.17. The molecule has 134 valence electrons. The molecule has 2 aromatic rings. The molecule has 25 heavy (non-hydrogen) atoms. The minimum Gasteiger partial charge on any atom is -0.490 e. The van der Waals surface area contributed by atoms with Crippen LogP contribution in [0.1, 0.15) is 12.5 Å². The maximum absolute atomic E-state index is 12.0. The molecule has 1 N–H and O–H groups in total. The zero-order valence-corrected chi connectivity index (χ0v) is 15.0. The van der Waals surface area contributed by atoms with Crippen molar-refractivity contribution in [2.75, 3.05) is 13.7 Å². The van der Waals surface area contributed by atoms with Crippen LogP contribution < -0.4 is 14.3 Å². The van der Waals surface area contributed by atoms with Crippen molar-refractivity contribution in [2.24, 2.45) is 5.10 Å². The number of thiophene rings is 1. The van der Waals surface area contributed by atoms with Crippen LogP contribution in [-0.4, -0.2) is 33.3 Å². The first kappa shape index (κ1) is 18.7. The van der Waals surface area contributed by atoms with Crippen molar-refractivity contribution in [3.63, 3.8) is 0 Å². The number of nitro groups is 1. The summed E-state index contributed by atoms with van der Waals surface area (Å²) in [7, 11) is -2.47. The fourth-order valence-corrected chi connectivity index (χ4v) is 3.69. The van der Waals surface area contributed by atoms with Crippen LogP contribution in [0.15, 0.2) is 39.0 Å². The van der Waals surface area contributed by atoms with Crippen molar-refractivity contribution >= 4 is 33.3 Å². The van der Waals surface area contributed by atoms with Crippen LogP contribution >= 0.6 is 11.3 Å². The molecule has 0 radical (unpaired) electrons. The highest BCUT2D eigenvalue weighted by Crippen LogP contribution is 2.37. The van der Waals surface area contributed by atoms with Crippen molar-refractivity contribution < 1.29 is 22.8 Å². The second-order valence-corrected chi connectivity index (χ2v) is 7.38. The smallest absolute Gasteiger partial charge is 0.315 e. The van der Waals surface area contributed by atoms with E-state index >= 15 is 0 Å². The molecule has 1 heterocycles. The van der Waals surface area contributed by atoms with Crippen molar-refractivity contribution in [1.29, 1.82) is 0 Å². The van der Waals surface area contributed by atoms with Crippen molar-refractivity contribution in [3.05, 3.63) is 45.3 Å². The largest absolute Gasteiger partial charge is 0.490 e. The third-order valence-electron chi connectivity index (χ3n) is 2.90. The summed E-state index contributed by atoms with van der Waals surface area (Å²) in [6.07, 6.45) is 1.15. The van der Waals surface area contributed by atoms with Gasteiger partial charge in [-0.1, -0.05) is 6.07 Å². The van der Waals surface area contributed by atoms with Gasteiger partial charge in [0.25, 0.3) is 10.0 Å². The number of rotatable bonds is 8. The molecule has 0 atom stereocenters. The monoisotopic (exact) mass is 385 g/mol. The van der Waals surface area contributed by atoms with Crippen LogP contribution in [0.5, 0.6) is 11.5 Å². The lowest BCUT2D eigenvalue weighted by molar-refractivity contribution is -0.385. The van der Waals surface area contributed by atoms with Crippen LogP contribution in [0.3, 0.4) is 0 Å². The van der Waals surface area contributed by atoms with E-state index in [4.69, 9.17) is 9.47 Å². The van der Waals surface area contributed by atoms with Gasteiger partial charge in [-0.15, -0.1) is 11.3 Å². The first-order valence-corrected chi connectivity index (χ1v) is 9.33. The normalized spacial score (nSPS) is 11.4. The lowest BCUT2D eigenvalue weighted by atomic mass is 10.2. The lowest BCUT2D eigenvalue weighted by Gasteiger charge is -2.10. The Balaban J connectivity index is 2.31. The zero-order chi connectivity index (χ0) is 18.4.